The molecule has 0 spiro atoms. The van der Waals surface area contributed by atoms with Gasteiger partial charge in [0.25, 0.3) is 0 Å². The van der Waals surface area contributed by atoms with Crippen LogP contribution in [0, 0.1) is 0 Å². The Hall–Kier alpha value is 0.270. The summed E-state index contributed by atoms with van der Waals surface area (Å²) in [7, 11) is 0. The van der Waals surface area contributed by atoms with Crippen molar-refractivity contribution in [1.29, 1.82) is 0 Å². The van der Waals surface area contributed by atoms with Gasteiger partial charge in [0.15, 0.2) is 0 Å². The minimum absolute atomic E-state index is 0.792. The van der Waals surface area contributed by atoms with E-state index in [-0.39, 0.29) is 0 Å². The van der Waals surface area contributed by atoms with Crippen LogP contribution in [0.5, 0.6) is 0 Å². The molecule has 0 saturated heterocycles. The summed E-state index contributed by atoms with van der Waals surface area (Å²) in [4.78, 5) is 2.63. The van der Waals surface area contributed by atoms with Gasteiger partial charge >= 0.3 is 0 Å². The van der Waals surface area contributed by atoms with Crippen LogP contribution in [0.25, 0.3) is 0 Å². The topological polar surface area (TPSA) is 38.0 Å². The number of hydrogen-bond donors (Lipinski definition) is 2. The molecule has 0 amide bonds. The maximum Gasteiger partial charge on any atom is 0.0205 e. The van der Waals surface area contributed by atoms with Crippen LogP contribution < -0.4 is 10.7 Å². The largest absolute Gasteiger partial charge is 0.262 e. The fourth-order valence-electron chi connectivity index (χ4n) is 1.10. The Morgan fingerprint density at radius 1 is 1.38 bits per heavy atom. The maximum absolute atomic E-state index is 5.12. The van der Waals surface area contributed by atoms with Crippen molar-refractivity contribution in [1.82, 2.24) is 4.83 Å². The zero-order valence-corrected chi connectivity index (χ0v) is 5.71. The van der Waals surface area contributed by atoms with Crippen molar-refractivity contribution in [2.24, 2.45) is 5.84 Å². The summed E-state index contributed by atoms with van der Waals surface area (Å²) in [6.45, 7) is 0. The molecule has 0 unspecified atom stereocenters. The molecule has 0 aromatic carbocycles. The van der Waals surface area contributed by atoms with Gasteiger partial charge in [0.05, 0.1) is 0 Å². The molecule has 0 aliphatic heterocycles. The molecule has 2 nitrogen and oxygen atoms in total. The van der Waals surface area contributed by atoms with Crippen LogP contribution in [-0.2, 0) is 0 Å². The van der Waals surface area contributed by atoms with Gasteiger partial charge in [-0.1, -0.05) is 24.8 Å². The lowest BCUT2D eigenvalue weighted by Gasteiger charge is -2.03. The molecule has 0 bridgehead atoms. The lowest BCUT2D eigenvalue weighted by Crippen LogP contribution is -2.16. The van der Waals surface area contributed by atoms with Gasteiger partial charge in [-0.2, -0.15) is 0 Å². The van der Waals surface area contributed by atoms with Gasteiger partial charge < -0.3 is 0 Å². The first-order valence-corrected chi connectivity index (χ1v) is 3.92. The number of nitrogens with one attached hydrogen (secondary N) is 1. The van der Waals surface area contributed by atoms with E-state index in [0.29, 0.717) is 0 Å². The summed E-state index contributed by atoms with van der Waals surface area (Å²) in [5.74, 6) is 5.12. The highest BCUT2D eigenvalue weighted by Gasteiger charge is 2.13. The van der Waals surface area contributed by atoms with Gasteiger partial charge in [0, 0.05) is 5.25 Å². The normalized spacial score (nSPS) is 22.1. The van der Waals surface area contributed by atoms with Crippen LogP contribution in [-0.4, -0.2) is 5.25 Å². The van der Waals surface area contributed by atoms with E-state index in [4.69, 9.17) is 5.84 Å². The standard InChI is InChI=1S/C5H12N2S/c6-7-8-5-3-1-2-4-5/h5,7H,1-4,6H2. The Kier molecular flexibility index (Phi) is 2.66. The summed E-state index contributed by atoms with van der Waals surface area (Å²) < 4.78 is 0. The molecule has 0 aromatic rings. The van der Waals surface area contributed by atoms with Crippen LogP contribution in [0.3, 0.4) is 0 Å². The van der Waals surface area contributed by atoms with Crippen LogP contribution in [0.15, 0.2) is 0 Å². The average molecular weight is 132 g/mol. The summed E-state index contributed by atoms with van der Waals surface area (Å²) in [6, 6.07) is 0. The second-order valence-electron chi connectivity index (χ2n) is 2.14. The highest BCUT2D eigenvalue weighted by atomic mass is 32.2. The predicted molar refractivity (Wildman–Crippen MR) is 37.2 cm³/mol. The molecule has 1 aliphatic rings. The van der Waals surface area contributed by atoms with E-state index in [1.807, 2.05) is 0 Å². The first kappa shape index (κ1) is 6.39. The molecule has 0 atom stereocenters. The minimum atomic E-state index is 0.792. The number of hydrogen-bond acceptors (Lipinski definition) is 3. The van der Waals surface area contributed by atoms with Gasteiger partial charge in [0.2, 0.25) is 0 Å². The molecule has 0 aromatic heterocycles. The molecule has 3 N–H and O–H groups in total. The van der Waals surface area contributed by atoms with Crippen molar-refractivity contribution in [2.75, 3.05) is 0 Å². The molecule has 3 heteroatoms. The summed E-state index contributed by atoms with van der Waals surface area (Å²) in [6.07, 6.45) is 5.46. The van der Waals surface area contributed by atoms with Crippen LogP contribution in [0.2, 0.25) is 0 Å². The lowest BCUT2D eigenvalue weighted by molar-refractivity contribution is 0.886. The van der Waals surface area contributed by atoms with Gasteiger partial charge in [-0.05, 0) is 12.8 Å². The third-order valence-corrected chi connectivity index (χ3v) is 2.48. The molecular formula is C5H12N2S. The summed E-state index contributed by atoms with van der Waals surface area (Å²) in [5, 5.41) is 0.792. The van der Waals surface area contributed by atoms with E-state index >= 15 is 0 Å². The van der Waals surface area contributed by atoms with Crippen LogP contribution in [0.4, 0.5) is 0 Å². The number of nitrogens with two attached hydrogens (primary N) is 1. The SMILES string of the molecule is NNSC1CCCC1. The number of hydrazine groups is 1. The average Bonchev–Trinajstić information content (AvgIpc) is 2.19. The van der Waals surface area contributed by atoms with E-state index in [9.17, 15) is 0 Å². The summed E-state index contributed by atoms with van der Waals surface area (Å²) in [5.41, 5.74) is 0. The quantitative estimate of drug-likeness (QED) is 0.335. The molecule has 0 heterocycles. The van der Waals surface area contributed by atoms with Crippen molar-refractivity contribution < 1.29 is 0 Å². The van der Waals surface area contributed by atoms with Crippen LogP contribution in [0.1, 0.15) is 25.7 Å². The third-order valence-electron chi connectivity index (χ3n) is 1.54. The third kappa shape index (κ3) is 1.65. The molecule has 8 heavy (non-hydrogen) atoms. The van der Waals surface area contributed by atoms with Crippen LogP contribution >= 0.6 is 11.9 Å². The molecule has 0 radical (unpaired) electrons. The molecule has 1 fully saturated rings. The monoisotopic (exact) mass is 132 g/mol. The van der Waals surface area contributed by atoms with Gasteiger partial charge in [-0.15, -0.1) is 0 Å². The molecule has 1 aliphatic carbocycles. The Morgan fingerprint density at radius 2 is 2.00 bits per heavy atom. The lowest BCUT2D eigenvalue weighted by atomic mass is 10.4. The van der Waals surface area contributed by atoms with Crippen molar-refractivity contribution in [3.8, 4) is 0 Å². The van der Waals surface area contributed by atoms with Crippen molar-refractivity contribution in [3.05, 3.63) is 0 Å². The van der Waals surface area contributed by atoms with Crippen molar-refractivity contribution >= 4 is 11.9 Å². The highest BCUT2D eigenvalue weighted by Crippen LogP contribution is 2.26. The van der Waals surface area contributed by atoms with Gasteiger partial charge in [0.1, 0.15) is 0 Å². The van der Waals surface area contributed by atoms with E-state index in [1.165, 1.54) is 25.7 Å². The Bertz CT molecular complexity index is 61.4. The minimum Gasteiger partial charge on any atom is -0.262 e. The zero-order valence-electron chi connectivity index (χ0n) is 4.89. The van der Waals surface area contributed by atoms with Crippen molar-refractivity contribution in [2.45, 2.75) is 30.9 Å². The second-order valence-corrected chi connectivity index (χ2v) is 3.28. The zero-order chi connectivity index (χ0) is 5.82. The molecule has 48 valence electrons. The fourth-order valence-corrected chi connectivity index (χ4v) is 1.86. The van der Waals surface area contributed by atoms with E-state index in [0.717, 1.165) is 5.25 Å². The van der Waals surface area contributed by atoms with Gasteiger partial charge in [-0.25, -0.2) is 4.83 Å². The molecule has 1 saturated carbocycles. The number of rotatable bonds is 2. The highest BCUT2D eigenvalue weighted by molar-refractivity contribution is 7.97. The van der Waals surface area contributed by atoms with E-state index in [2.05, 4.69) is 4.83 Å². The Morgan fingerprint density at radius 3 is 2.50 bits per heavy atom. The van der Waals surface area contributed by atoms with Gasteiger partial charge in [-0.3, -0.25) is 5.84 Å². The van der Waals surface area contributed by atoms with Crippen molar-refractivity contribution in [3.63, 3.8) is 0 Å². The first-order valence-electron chi connectivity index (χ1n) is 3.04. The maximum atomic E-state index is 5.12. The Balaban J connectivity index is 2.06. The molecular weight excluding hydrogens is 120 g/mol. The van der Waals surface area contributed by atoms with E-state index in [1.54, 1.807) is 11.9 Å². The Labute approximate surface area is 54.3 Å². The predicted octanol–water partition coefficient (Wildman–Crippen LogP) is 1.04. The fraction of sp³-hybridized carbons (Fsp3) is 1.00. The second kappa shape index (κ2) is 3.33. The first-order chi connectivity index (χ1) is 3.93. The summed E-state index contributed by atoms with van der Waals surface area (Å²) >= 11 is 1.67. The molecule has 1 rings (SSSR count). The smallest absolute Gasteiger partial charge is 0.0205 e. The van der Waals surface area contributed by atoms with E-state index < -0.39 is 0 Å².